The lowest BCUT2D eigenvalue weighted by Gasteiger charge is -2.34. The Morgan fingerprint density at radius 2 is 1.19 bits per heavy atom. The van der Waals surface area contributed by atoms with Gasteiger partial charge in [-0.25, -0.2) is 9.59 Å². The Morgan fingerprint density at radius 3 is 1.58 bits per heavy atom. The van der Waals surface area contributed by atoms with E-state index >= 15 is 0 Å². The summed E-state index contributed by atoms with van der Waals surface area (Å²) < 4.78 is 10.5. The van der Waals surface area contributed by atoms with Gasteiger partial charge >= 0.3 is 11.9 Å². The molecule has 0 aromatic carbocycles. The van der Waals surface area contributed by atoms with Crippen LogP contribution in [-0.2, 0) is 19.3 Å². The van der Waals surface area contributed by atoms with E-state index in [2.05, 4.69) is 20.3 Å². The third kappa shape index (κ3) is 4.82. The molecular formula is C24H30N6O6+2. The van der Waals surface area contributed by atoms with E-state index in [0.29, 0.717) is 74.3 Å². The lowest BCUT2D eigenvalue weighted by molar-refractivity contribution is -1.07. The summed E-state index contributed by atoms with van der Waals surface area (Å²) in [6.45, 7) is 1.72. The van der Waals surface area contributed by atoms with Crippen molar-refractivity contribution < 1.29 is 37.6 Å². The number of quaternary nitrogens is 2. The number of hydroxylamine groups is 6. The van der Waals surface area contributed by atoms with Crippen molar-refractivity contribution in [1.29, 1.82) is 0 Å². The maximum absolute atomic E-state index is 12.8. The van der Waals surface area contributed by atoms with Gasteiger partial charge in [0.15, 0.2) is 0 Å². The molecule has 36 heavy (non-hydrogen) atoms. The molecule has 190 valence electrons. The Labute approximate surface area is 207 Å². The van der Waals surface area contributed by atoms with Gasteiger partial charge in [0.05, 0.1) is 11.1 Å². The summed E-state index contributed by atoms with van der Waals surface area (Å²) in [5.74, 6) is 0.990. The number of likely N-dealkylation sites (N-methyl/N-ethyl adjacent to an activating group) is 2. The fourth-order valence-corrected chi connectivity index (χ4v) is 4.71. The van der Waals surface area contributed by atoms with Gasteiger partial charge in [0.2, 0.25) is 23.4 Å². The summed E-state index contributed by atoms with van der Waals surface area (Å²) in [5, 5.41) is 8.19. The van der Waals surface area contributed by atoms with Gasteiger partial charge in [0.1, 0.15) is 40.3 Å². The van der Waals surface area contributed by atoms with Crippen molar-refractivity contribution in [1.82, 2.24) is 20.3 Å². The van der Waals surface area contributed by atoms with E-state index in [1.54, 1.807) is 14.1 Å². The number of nitrogens with zero attached hydrogens (tertiary/aromatic N) is 6. The quantitative estimate of drug-likeness (QED) is 0.432. The van der Waals surface area contributed by atoms with Gasteiger partial charge in [-0.1, -0.05) is 22.5 Å². The second-order valence-electron chi connectivity index (χ2n) is 10.6. The molecule has 0 radical (unpaired) electrons. The van der Waals surface area contributed by atoms with Crippen LogP contribution in [0.25, 0.3) is 11.1 Å². The zero-order valence-electron chi connectivity index (χ0n) is 20.5. The monoisotopic (exact) mass is 498 g/mol. The van der Waals surface area contributed by atoms with Gasteiger partial charge in [-0.15, -0.1) is 9.29 Å². The molecule has 4 aliphatic rings. The second kappa shape index (κ2) is 8.63. The average Bonchev–Trinajstić information content (AvgIpc) is 3.78. The first kappa shape index (κ1) is 23.0. The van der Waals surface area contributed by atoms with Gasteiger partial charge in [0, 0.05) is 24.7 Å². The molecule has 0 spiro atoms. The zero-order valence-corrected chi connectivity index (χ0v) is 20.5. The summed E-state index contributed by atoms with van der Waals surface area (Å²) in [6, 6.07) is 0. The van der Waals surface area contributed by atoms with E-state index in [1.165, 1.54) is 0 Å². The number of rotatable bonds is 6. The van der Waals surface area contributed by atoms with Gasteiger partial charge < -0.3 is 9.05 Å². The average molecular weight is 499 g/mol. The molecule has 2 aliphatic heterocycles. The van der Waals surface area contributed by atoms with E-state index in [1.807, 2.05) is 12.2 Å². The summed E-state index contributed by atoms with van der Waals surface area (Å²) in [4.78, 5) is 45.8. The van der Waals surface area contributed by atoms with E-state index in [4.69, 9.17) is 18.7 Å². The molecule has 2 aromatic rings. The Kier molecular flexibility index (Phi) is 5.52. The highest BCUT2D eigenvalue weighted by Crippen LogP contribution is 2.40. The molecule has 4 heterocycles. The number of aromatic nitrogens is 4. The van der Waals surface area contributed by atoms with Gasteiger partial charge in [-0.05, 0) is 25.7 Å². The van der Waals surface area contributed by atoms with Crippen molar-refractivity contribution in [2.45, 2.75) is 50.4 Å². The Morgan fingerprint density at radius 1 is 0.778 bits per heavy atom. The van der Waals surface area contributed by atoms with Crippen LogP contribution in [0.2, 0.25) is 0 Å². The van der Waals surface area contributed by atoms with E-state index < -0.39 is 11.9 Å². The second-order valence-corrected chi connectivity index (χ2v) is 10.6. The van der Waals surface area contributed by atoms with Crippen LogP contribution in [0.5, 0.6) is 0 Å². The van der Waals surface area contributed by atoms with E-state index in [9.17, 15) is 9.59 Å². The molecule has 2 unspecified atom stereocenters. The van der Waals surface area contributed by atoms with Crippen LogP contribution in [-0.4, -0.2) is 81.8 Å². The van der Waals surface area contributed by atoms with Crippen LogP contribution in [0.15, 0.2) is 21.2 Å². The highest BCUT2D eigenvalue weighted by Gasteiger charge is 2.42. The summed E-state index contributed by atoms with van der Waals surface area (Å²) in [5.41, 5.74) is 1.66. The SMILES string of the molecule is C[N+]1(OC(=O)C(=O)O[N+]2(C)CCC=C(c3noc(C4CC4)n3)C2)CCC=C(c2noc(C3CC3)n2)C1. The Bertz CT molecular complexity index is 1160. The van der Waals surface area contributed by atoms with Crippen LogP contribution in [0.3, 0.4) is 0 Å². The zero-order chi connectivity index (χ0) is 24.9. The molecule has 2 aromatic heterocycles. The molecule has 6 rings (SSSR count). The molecule has 0 amide bonds. The van der Waals surface area contributed by atoms with Crippen LogP contribution in [0.1, 0.15) is 73.8 Å². The lowest BCUT2D eigenvalue weighted by atomic mass is 10.1. The molecule has 0 N–H and O–H groups in total. The predicted octanol–water partition coefficient (Wildman–Crippen LogP) is 2.29. The number of hydrogen-bond donors (Lipinski definition) is 0. The van der Waals surface area contributed by atoms with Crippen molar-refractivity contribution in [2.24, 2.45) is 0 Å². The predicted molar refractivity (Wildman–Crippen MR) is 122 cm³/mol. The standard InChI is InChI=1S/C24H30N6O6/c1-29(11-3-5-17(13-29)19-25-21(33-27-19)15-7-8-15)35-23(31)24(32)36-30(2)12-4-6-18(14-30)20-26-22(34-28-20)16-9-10-16/h5-6,15-16H,3-4,7-14H2,1-2H3/q+2. The van der Waals surface area contributed by atoms with Crippen molar-refractivity contribution >= 4 is 23.1 Å². The summed E-state index contributed by atoms with van der Waals surface area (Å²) in [6.07, 6.45) is 9.62. The van der Waals surface area contributed by atoms with E-state index in [0.717, 1.165) is 36.8 Å². The maximum Gasteiger partial charge on any atom is 0.480 e. The molecule has 2 saturated carbocycles. The molecule has 0 bridgehead atoms. The first-order chi connectivity index (χ1) is 17.3. The fourth-order valence-electron chi connectivity index (χ4n) is 4.71. The Balaban J connectivity index is 1.07. The Hall–Kier alpha value is -3.38. The minimum atomic E-state index is -1.03. The van der Waals surface area contributed by atoms with Gasteiger partial charge in [-0.3, -0.25) is 9.68 Å². The minimum absolute atomic E-state index is 0.102. The van der Waals surface area contributed by atoms with Crippen LogP contribution in [0.4, 0.5) is 0 Å². The summed E-state index contributed by atoms with van der Waals surface area (Å²) >= 11 is 0. The molecule has 12 heteroatoms. The molecular weight excluding hydrogens is 468 g/mol. The smallest absolute Gasteiger partial charge is 0.339 e. The van der Waals surface area contributed by atoms with Crippen LogP contribution < -0.4 is 0 Å². The van der Waals surface area contributed by atoms with E-state index in [-0.39, 0.29) is 9.29 Å². The fraction of sp³-hybridized carbons (Fsp3) is 0.583. The number of hydrogen-bond acceptors (Lipinski definition) is 10. The van der Waals surface area contributed by atoms with Gasteiger partial charge in [0.25, 0.3) is 0 Å². The third-order valence-electron chi connectivity index (χ3n) is 7.08. The highest BCUT2D eigenvalue weighted by molar-refractivity contribution is 6.29. The van der Waals surface area contributed by atoms with Crippen LogP contribution >= 0.6 is 0 Å². The first-order valence-electron chi connectivity index (χ1n) is 12.5. The molecule has 12 nitrogen and oxygen atoms in total. The largest absolute Gasteiger partial charge is 0.480 e. The van der Waals surface area contributed by atoms with Gasteiger partial charge in [-0.2, -0.15) is 9.97 Å². The molecule has 0 saturated heterocycles. The number of carbonyl (C=O) groups is 2. The molecule has 2 atom stereocenters. The first-order valence-corrected chi connectivity index (χ1v) is 12.5. The topological polar surface area (TPSA) is 130 Å². The van der Waals surface area contributed by atoms with Crippen molar-refractivity contribution in [3.63, 3.8) is 0 Å². The van der Waals surface area contributed by atoms with Crippen molar-refractivity contribution in [3.8, 4) is 0 Å². The van der Waals surface area contributed by atoms with Crippen molar-refractivity contribution in [3.05, 3.63) is 35.6 Å². The molecule has 2 fully saturated rings. The number of carbonyl (C=O) groups excluding carboxylic acids is 2. The molecule has 2 aliphatic carbocycles. The normalized spacial score (nSPS) is 28.3. The lowest BCUT2D eigenvalue weighted by Crippen LogP contribution is -2.53. The maximum atomic E-state index is 12.8. The minimum Gasteiger partial charge on any atom is -0.339 e. The summed E-state index contributed by atoms with van der Waals surface area (Å²) in [7, 11) is 3.51. The highest BCUT2D eigenvalue weighted by atomic mass is 16.8. The van der Waals surface area contributed by atoms with Crippen LogP contribution in [0, 0.1) is 0 Å². The van der Waals surface area contributed by atoms with Crippen molar-refractivity contribution in [2.75, 3.05) is 40.3 Å². The third-order valence-corrected chi connectivity index (χ3v) is 7.08.